The Labute approximate surface area is 94.5 Å². The Bertz CT molecular complexity index is 505. The van der Waals surface area contributed by atoms with Crippen molar-refractivity contribution in [1.82, 2.24) is 10.1 Å². The molecule has 0 aliphatic rings. The summed E-state index contributed by atoms with van der Waals surface area (Å²) in [5.41, 5.74) is 0.438. The number of hydrogen-bond donors (Lipinski definition) is 1. The van der Waals surface area contributed by atoms with Crippen LogP contribution in [0.25, 0.3) is 11.5 Å². The Morgan fingerprint density at radius 3 is 3.12 bits per heavy atom. The highest BCUT2D eigenvalue weighted by molar-refractivity contribution is 7.09. The molecule has 0 saturated heterocycles. The highest BCUT2D eigenvalue weighted by atomic mass is 32.1. The number of rotatable bonds is 4. The Hall–Kier alpha value is -1.73. The molecule has 0 aliphatic heterocycles. The smallest absolute Gasteiger partial charge is 0.358 e. The van der Waals surface area contributed by atoms with E-state index in [1.54, 1.807) is 12.5 Å². The third-order valence-corrected chi connectivity index (χ3v) is 2.62. The number of methoxy groups -OCH3 is 1. The van der Waals surface area contributed by atoms with Gasteiger partial charge in [0.2, 0.25) is 0 Å². The number of carboxylic acids is 1. The van der Waals surface area contributed by atoms with Crippen LogP contribution in [-0.2, 0) is 11.3 Å². The topological polar surface area (TPSA) is 85.5 Å². The normalized spacial score (nSPS) is 10.6. The van der Waals surface area contributed by atoms with Crippen LogP contribution >= 0.6 is 11.3 Å². The van der Waals surface area contributed by atoms with Crippen LogP contribution in [0.1, 0.15) is 15.5 Å². The zero-order chi connectivity index (χ0) is 11.5. The van der Waals surface area contributed by atoms with Gasteiger partial charge >= 0.3 is 5.97 Å². The van der Waals surface area contributed by atoms with Gasteiger partial charge in [-0.15, -0.1) is 11.3 Å². The van der Waals surface area contributed by atoms with Crippen molar-refractivity contribution in [2.45, 2.75) is 6.61 Å². The average molecular weight is 240 g/mol. The summed E-state index contributed by atoms with van der Waals surface area (Å²) in [4.78, 5) is 14.8. The number of nitrogens with zero attached hydrogens (tertiary/aromatic N) is 2. The molecule has 2 aromatic heterocycles. The van der Waals surface area contributed by atoms with Crippen molar-refractivity contribution in [3.8, 4) is 11.5 Å². The second-order valence-corrected chi connectivity index (χ2v) is 3.88. The summed E-state index contributed by atoms with van der Waals surface area (Å²) in [5, 5.41) is 14.6. The van der Waals surface area contributed by atoms with E-state index in [0.29, 0.717) is 18.1 Å². The quantitative estimate of drug-likeness (QED) is 0.874. The van der Waals surface area contributed by atoms with Gasteiger partial charge in [0.25, 0.3) is 0 Å². The molecule has 2 rings (SSSR count). The minimum atomic E-state index is -1.12. The fourth-order valence-corrected chi connectivity index (χ4v) is 1.86. The molecule has 16 heavy (non-hydrogen) atoms. The number of thiazole rings is 1. The molecule has 0 fully saturated rings. The summed E-state index contributed by atoms with van der Waals surface area (Å²) in [6.45, 7) is 0.421. The maximum absolute atomic E-state index is 10.6. The van der Waals surface area contributed by atoms with Crippen molar-refractivity contribution in [2.24, 2.45) is 0 Å². The second-order valence-electron chi connectivity index (χ2n) is 2.94. The van der Waals surface area contributed by atoms with E-state index in [1.165, 1.54) is 17.4 Å². The van der Waals surface area contributed by atoms with E-state index in [9.17, 15) is 4.79 Å². The summed E-state index contributed by atoms with van der Waals surface area (Å²) in [5.74, 6) is -0.779. The molecule has 0 amide bonds. The molecular formula is C9H8N2O4S. The van der Waals surface area contributed by atoms with Gasteiger partial charge in [-0.3, -0.25) is 0 Å². The van der Waals surface area contributed by atoms with Crippen molar-refractivity contribution in [2.75, 3.05) is 7.11 Å². The summed E-state index contributed by atoms with van der Waals surface area (Å²) < 4.78 is 9.80. The standard InChI is InChI=1S/C9H8N2O4S/c1-14-3-8-10-6(4-16-8)7-2-5(9(12)13)11-15-7/h2,4H,3H2,1H3,(H,12,13). The van der Waals surface area contributed by atoms with E-state index in [1.807, 2.05) is 0 Å². The molecule has 0 radical (unpaired) electrons. The molecule has 6 nitrogen and oxygen atoms in total. The number of carbonyl (C=O) groups is 1. The van der Waals surface area contributed by atoms with Crippen molar-refractivity contribution in [1.29, 1.82) is 0 Å². The van der Waals surface area contributed by atoms with Gasteiger partial charge < -0.3 is 14.4 Å². The minimum Gasteiger partial charge on any atom is -0.476 e. The molecule has 7 heteroatoms. The fourth-order valence-electron chi connectivity index (χ4n) is 1.11. The Balaban J connectivity index is 2.24. The molecule has 1 N–H and O–H groups in total. The Kier molecular flexibility index (Phi) is 2.97. The number of ether oxygens (including phenoxy) is 1. The Morgan fingerprint density at radius 1 is 1.69 bits per heavy atom. The minimum absolute atomic E-state index is 0.128. The zero-order valence-corrected chi connectivity index (χ0v) is 9.15. The average Bonchev–Trinajstić information content (AvgIpc) is 2.84. The van der Waals surface area contributed by atoms with Gasteiger partial charge in [0.15, 0.2) is 11.5 Å². The molecule has 0 bridgehead atoms. The number of aromatic carboxylic acids is 1. The summed E-state index contributed by atoms with van der Waals surface area (Å²) in [6.07, 6.45) is 0. The molecule has 2 heterocycles. The first-order valence-electron chi connectivity index (χ1n) is 4.34. The van der Waals surface area contributed by atoms with E-state index in [-0.39, 0.29) is 5.69 Å². The van der Waals surface area contributed by atoms with Gasteiger partial charge in [0, 0.05) is 18.6 Å². The van der Waals surface area contributed by atoms with E-state index < -0.39 is 5.97 Å². The second kappa shape index (κ2) is 4.42. The number of carboxylic acid groups (broad SMARTS) is 1. The van der Waals surface area contributed by atoms with Crippen LogP contribution < -0.4 is 0 Å². The first kappa shape index (κ1) is 10.8. The molecule has 0 atom stereocenters. The molecular weight excluding hydrogens is 232 g/mol. The lowest BCUT2D eigenvalue weighted by Gasteiger charge is -1.89. The fraction of sp³-hybridized carbons (Fsp3) is 0.222. The predicted molar refractivity (Wildman–Crippen MR) is 55.3 cm³/mol. The van der Waals surface area contributed by atoms with Crippen LogP contribution in [0.3, 0.4) is 0 Å². The Morgan fingerprint density at radius 2 is 2.50 bits per heavy atom. The summed E-state index contributed by atoms with van der Waals surface area (Å²) in [7, 11) is 1.58. The summed E-state index contributed by atoms with van der Waals surface area (Å²) in [6, 6.07) is 1.34. The van der Waals surface area contributed by atoms with Crippen molar-refractivity contribution >= 4 is 17.3 Å². The van der Waals surface area contributed by atoms with Gasteiger partial charge in [-0.05, 0) is 0 Å². The van der Waals surface area contributed by atoms with E-state index >= 15 is 0 Å². The zero-order valence-electron chi connectivity index (χ0n) is 8.34. The predicted octanol–water partition coefficient (Wildman–Crippen LogP) is 1.64. The van der Waals surface area contributed by atoms with Crippen LogP contribution in [0.5, 0.6) is 0 Å². The highest BCUT2D eigenvalue weighted by Gasteiger charge is 2.14. The summed E-state index contributed by atoms with van der Waals surface area (Å²) >= 11 is 1.42. The molecule has 0 saturated carbocycles. The van der Waals surface area contributed by atoms with Gasteiger partial charge in [-0.2, -0.15) is 0 Å². The monoisotopic (exact) mass is 240 g/mol. The number of aromatic nitrogens is 2. The number of hydrogen-bond acceptors (Lipinski definition) is 6. The lowest BCUT2D eigenvalue weighted by molar-refractivity contribution is 0.0686. The van der Waals surface area contributed by atoms with Crippen LogP contribution in [0.4, 0.5) is 0 Å². The van der Waals surface area contributed by atoms with Crippen LogP contribution in [0.2, 0.25) is 0 Å². The van der Waals surface area contributed by atoms with Crippen LogP contribution in [0, 0.1) is 0 Å². The van der Waals surface area contributed by atoms with E-state index in [0.717, 1.165) is 5.01 Å². The van der Waals surface area contributed by atoms with Gasteiger partial charge in [0.05, 0.1) is 6.61 Å². The van der Waals surface area contributed by atoms with Crippen molar-refractivity contribution in [3.05, 3.63) is 22.1 Å². The third kappa shape index (κ3) is 2.10. The van der Waals surface area contributed by atoms with Crippen LogP contribution in [0.15, 0.2) is 16.0 Å². The maximum Gasteiger partial charge on any atom is 0.358 e. The maximum atomic E-state index is 10.6. The highest BCUT2D eigenvalue weighted by Crippen LogP contribution is 2.22. The van der Waals surface area contributed by atoms with Gasteiger partial charge in [-0.1, -0.05) is 5.16 Å². The van der Waals surface area contributed by atoms with Crippen molar-refractivity contribution in [3.63, 3.8) is 0 Å². The molecule has 0 spiro atoms. The van der Waals surface area contributed by atoms with E-state index in [4.69, 9.17) is 14.4 Å². The molecule has 0 aromatic carbocycles. The molecule has 0 aliphatic carbocycles. The lowest BCUT2D eigenvalue weighted by atomic mass is 10.3. The van der Waals surface area contributed by atoms with Crippen molar-refractivity contribution < 1.29 is 19.2 Å². The van der Waals surface area contributed by atoms with E-state index in [2.05, 4.69) is 10.1 Å². The molecule has 2 aromatic rings. The SMILES string of the molecule is COCc1nc(-c2cc(C(=O)O)no2)cs1. The van der Waals surface area contributed by atoms with Gasteiger partial charge in [-0.25, -0.2) is 9.78 Å². The third-order valence-electron chi connectivity index (χ3n) is 1.80. The largest absolute Gasteiger partial charge is 0.476 e. The van der Waals surface area contributed by atoms with Crippen LogP contribution in [-0.4, -0.2) is 28.3 Å². The first-order valence-corrected chi connectivity index (χ1v) is 5.22. The first-order chi connectivity index (χ1) is 7.70. The van der Waals surface area contributed by atoms with Gasteiger partial charge in [0.1, 0.15) is 10.7 Å². The molecule has 84 valence electrons. The lowest BCUT2D eigenvalue weighted by Crippen LogP contribution is -1.94. The molecule has 0 unspecified atom stereocenters.